The lowest BCUT2D eigenvalue weighted by Gasteiger charge is -2.02. The van der Waals surface area contributed by atoms with Gasteiger partial charge in [0.05, 0.1) is 17.8 Å². The van der Waals surface area contributed by atoms with Gasteiger partial charge in [0.1, 0.15) is 0 Å². The number of pyridine rings is 2. The molecule has 5 nitrogen and oxygen atoms in total. The van der Waals surface area contributed by atoms with Crippen molar-refractivity contribution in [2.24, 2.45) is 0 Å². The third kappa shape index (κ3) is 2.01. The molecule has 0 amide bonds. The monoisotopic (exact) mass is 271 g/mol. The van der Waals surface area contributed by atoms with Gasteiger partial charge in [-0.05, 0) is 24.3 Å². The fraction of sp³-hybridized carbons (Fsp3) is 0.0714. The molecule has 0 aromatic carbocycles. The van der Waals surface area contributed by atoms with Crippen LogP contribution < -0.4 is 0 Å². The van der Waals surface area contributed by atoms with Gasteiger partial charge >= 0.3 is 5.97 Å². The summed E-state index contributed by atoms with van der Waals surface area (Å²) in [7, 11) is 0. The maximum atomic E-state index is 13.8. The van der Waals surface area contributed by atoms with E-state index in [9.17, 15) is 9.18 Å². The van der Waals surface area contributed by atoms with Crippen LogP contribution in [0.5, 0.6) is 0 Å². The zero-order chi connectivity index (χ0) is 14.1. The zero-order valence-electron chi connectivity index (χ0n) is 10.3. The Morgan fingerprint density at radius 3 is 2.75 bits per heavy atom. The SMILES string of the molecule is O=C(O)Cc1c(-c2ccncc2)nc2c(F)cccn12. The zero-order valence-corrected chi connectivity index (χ0v) is 10.3. The maximum absolute atomic E-state index is 13.8. The molecule has 3 aromatic rings. The van der Waals surface area contributed by atoms with E-state index in [2.05, 4.69) is 9.97 Å². The number of rotatable bonds is 3. The second-order valence-corrected chi connectivity index (χ2v) is 4.26. The van der Waals surface area contributed by atoms with Crippen LogP contribution in [0.15, 0.2) is 42.9 Å². The van der Waals surface area contributed by atoms with E-state index in [4.69, 9.17) is 5.11 Å². The number of aromatic nitrogens is 3. The number of carboxylic acid groups (broad SMARTS) is 1. The number of nitrogens with zero attached hydrogens (tertiary/aromatic N) is 3. The molecule has 0 aliphatic carbocycles. The van der Waals surface area contributed by atoms with E-state index in [1.54, 1.807) is 30.7 Å². The molecule has 0 saturated carbocycles. The smallest absolute Gasteiger partial charge is 0.309 e. The van der Waals surface area contributed by atoms with E-state index in [1.165, 1.54) is 16.5 Å². The number of fused-ring (bicyclic) bond motifs is 1. The van der Waals surface area contributed by atoms with E-state index in [-0.39, 0.29) is 12.1 Å². The van der Waals surface area contributed by atoms with E-state index in [0.717, 1.165) is 0 Å². The summed E-state index contributed by atoms with van der Waals surface area (Å²) in [5.74, 6) is -1.48. The average Bonchev–Trinajstić information content (AvgIpc) is 2.80. The molecular formula is C14H10FN3O2. The molecule has 0 aliphatic rings. The molecule has 0 unspecified atom stereocenters. The Kier molecular flexibility index (Phi) is 2.90. The first kappa shape index (κ1) is 12.3. The van der Waals surface area contributed by atoms with Crippen molar-refractivity contribution in [2.75, 3.05) is 0 Å². The normalized spacial score (nSPS) is 10.8. The highest BCUT2D eigenvalue weighted by Gasteiger charge is 2.18. The van der Waals surface area contributed by atoms with Gasteiger partial charge in [0, 0.05) is 24.2 Å². The Morgan fingerprint density at radius 2 is 2.05 bits per heavy atom. The van der Waals surface area contributed by atoms with Gasteiger partial charge in [-0.1, -0.05) is 0 Å². The molecule has 0 bridgehead atoms. The number of hydrogen-bond acceptors (Lipinski definition) is 3. The largest absolute Gasteiger partial charge is 0.481 e. The van der Waals surface area contributed by atoms with Crippen molar-refractivity contribution in [1.29, 1.82) is 0 Å². The van der Waals surface area contributed by atoms with Crippen LogP contribution in [0, 0.1) is 5.82 Å². The van der Waals surface area contributed by atoms with E-state index >= 15 is 0 Å². The van der Waals surface area contributed by atoms with Gasteiger partial charge in [-0.2, -0.15) is 0 Å². The third-order valence-corrected chi connectivity index (χ3v) is 2.97. The molecule has 1 N–H and O–H groups in total. The lowest BCUT2D eigenvalue weighted by Crippen LogP contribution is -2.04. The van der Waals surface area contributed by atoms with Crippen LogP contribution in [0.25, 0.3) is 16.9 Å². The Bertz CT molecular complexity index is 784. The highest BCUT2D eigenvalue weighted by molar-refractivity contribution is 5.76. The minimum atomic E-state index is -0.994. The lowest BCUT2D eigenvalue weighted by molar-refractivity contribution is -0.136. The Labute approximate surface area is 113 Å². The third-order valence-electron chi connectivity index (χ3n) is 2.97. The number of aliphatic carboxylic acids is 1. The van der Waals surface area contributed by atoms with Crippen molar-refractivity contribution in [3.8, 4) is 11.3 Å². The van der Waals surface area contributed by atoms with Gasteiger partial charge in [-0.25, -0.2) is 9.37 Å². The first-order chi connectivity index (χ1) is 9.66. The molecule has 0 saturated heterocycles. The fourth-order valence-corrected chi connectivity index (χ4v) is 2.14. The van der Waals surface area contributed by atoms with Crippen molar-refractivity contribution in [3.63, 3.8) is 0 Å². The van der Waals surface area contributed by atoms with Gasteiger partial charge < -0.3 is 9.51 Å². The van der Waals surface area contributed by atoms with E-state index in [1.807, 2.05) is 0 Å². The maximum Gasteiger partial charge on any atom is 0.309 e. The van der Waals surface area contributed by atoms with Gasteiger partial charge in [0.2, 0.25) is 0 Å². The van der Waals surface area contributed by atoms with Crippen molar-refractivity contribution < 1.29 is 14.3 Å². The summed E-state index contributed by atoms with van der Waals surface area (Å²) in [5.41, 5.74) is 1.73. The number of carbonyl (C=O) groups is 1. The molecular weight excluding hydrogens is 261 g/mol. The number of hydrogen-bond donors (Lipinski definition) is 1. The average molecular weight is 271 g/mol. The number of carboxylic acids is 1. The van der Waals surface area contributed by atoms with Crippen LogP contribution in [-0.2, 0) is 11.2 Å². The topological polar surface area (TPSA) is 67.5 Å². The summed E-state index contributed by atoms with van der Waals surface area (Å²) >= 11 is 0. The van der Waals surface area contributed by atoms with E-state index in [0.29, 0.717) is 17.0 Å². The van der Waals surface area contributed by atoms with Crippen LogP contribution in [0.4, 0.5) is 4.39 Å². The summed E-state index contributed by atoms with van der Waals surface area (Å²) < 4.78 is 15.3. The first-order valence-corrected chi connectivity index (χ1v) is 5.94. The van der Waals surface area contributed by atoms with Crippen LogP contribution in [0.3, 0.4) is 0 Å². The lowest BCUT2D eigenvalue weighted by atomic mass is 10.1. The molecule has 3 aromatic heterocycles. The Hall–Kier alpha value is -2.76. The molecule has 0 atom stereocenters. The molecule has 100 valence electrons. The summed E-state index contributed by atoms with van der Waals surface area (Å²) in [6, 6.07) is 6.24. The first-order valence-electron chi connectivity index (χ1n) is 5.94. The van der Waals surface area contributed by atoms with Crippen LogP contribution in [0.1, 0.15) is 5.69 Å². The van der Waals surface area contributed by atoms with Gasteiger partial charge in [-0.3, -0.25) is 9.78 Å². The molecule has 0 spiro atoms. The molecule has 3 rings (SSSR count). The summed E-state index contributed by atoms with van der Waals surface area (Å²) in [6.07, 6.45) is 4.54. The summed E-state index contributed by atoms with van der Waals surface area (Å²) in [4.78, 5) is 19.2. The second kappa shape index (κ2) is 4.73. The molecule has 3 heterocycles. The van der Waals surface area contributed by atoms with Gasteiger partial charge in [-0.15, -0.1) is 0 Å². The van der Waals surface area contributed by atoms with Crippen molar-refractivity contribution >= 4 is 11.6 Å². The van der Waals surface area contributed by atoms with E-state index < -0.39 is 11.8 Å². The minimum absolute atomic E-state index is 0.121. The second-order valence-electron chi connectivity index (χ2n) is 4.26. The predicted molar refractivity (Wildman–Crippen MR) is 69.7 cm³/mol. The summed E-state index contributed by atoms with van der Waals surface area (Å²) in [5, 5.41) is 9.04. The predicted octanol–water partition coefficient (Wildman–Crippen LogP) is 2.16. The molecule has 0 fully saturated rings. The van der Waals surface area contributed by atoms with Crippen LogP contribution >= 0.6 is 0 Å². The number of halogens is 1. The molecule has 0 radical (unpaired) electrons. The molecule has 20 heavy (non-hydrogen) atoms. The van der Waals surface area contributed by atoms with Gasteiger partial charge in [0.25, 0.3) is 0 Å². The number of imidazole rings is 1. The van der Waals surface area contributed by atoms with Gasteiger partial charge in [0.15, 0.2) is 11.5 Å². The Balaban J connectivity index is 2.30. The molecule has 6 heteroatoms. The quantitative estimate of drug-likeness (QED) is 0.792. The van der Waals surface area contributed by atoms with Crippen molar-refractivity contribution in [1.82, 2.24) is 14.4 Å². The Morgan fingerprint density at radius 1 is 1.30 bits per heavy atom. The fourth-order valence-electron chi connectivity index (χ4n) is 2.14. The van der Waals surface area contributed by atoms with Crippen molar-refractivity contribution in [2.45, 2.75) is 6.42 Å². The standard InChI is InChI=1S/C14H10FN3O2/c15-10-2-1-7-18-11(8-12(19)20)13(17-14(10)18)9-3-5-16-6-4-9/h1-7H,8H2,(H,19,20). The van der Waals surface area contributed by atoms with Crippen LogP contribution in [-0.4, -0.2) is 25.4 Å². The van der Waals surface area contributed by atoms with Crippen molar-refractivity contribution in [3.05, 3.63) is 54.4 Å². The minimum Gasteiger partial charge on any atom is -0.481 e. The summed E-state index contributed by atoms with van der Waals surface area (Å²) in [6.45, 7) is 0. The van der Waals surface area contributed by atoms with Crippen LogP contribution in [0.2, 0.25) is 0 Å². The highest BCUT2D eigenvalue weighted by Crippen LogP contribution is 2.25. The molecule has 0 aliphatic heterocycles. The highest BCUT2D eigenvalue weighted by atomic mass is 19.1.